The van der Waals surface area contributed by atoms with E-state index in [9.17, 15) is 0 Å². The Morgan fingerprint density at radius 2 is 0.884 bits per heavy atom. The van der Waals surface area contributed by atoms with Crippen LogP contribution in [0, 0.1) is 0 Å². The maximum absolute atomic E-state index is 6.21. The second-order valence-electron chi connectivity index (χ2n) is 11.3. The van der Waals surface area contributed by atoms with Gasteiger partial charge in [0.2, 0.25) is 0 Å². The number of hydrogen-bond donors (Lipinski definition) is 0. The van der Waals surface area contributed by atoms with Crippen LogP contribution in [0.5, 0.6) is 0 Å². The van der Waals surface area contributed by atoms with E-state index >= 15 is 0 Å². The van der Waals surface area contributed by atoms with Crippen LogP contribution in [0.15, 0.2) is 162 Å². The predicted octanol–water partition coefficient (Wildman–Crippen LogP) is 12.0. The fourth-order valence-corrected chi connectivity index (χ4v) is 6.93. The van der Waals surface area contributed by atoms with Gasteiger partial charge in [0.25, 0.3) is 0 Å². The standard InChI is InChI=1S/C42H26O/c1-2-12-28(13-3-1)41-34-17-6-7-18-35(34)42(30-22-24-40-37(26-30)33-16-8-9-20-39(33)43-40)38-25-29(21-23-36(38)41)32-19-10-14-27-11-4-5-15-31(27)32/h1-26H. The molecule has 0 radical (unpaired) electrons. The van der Waals surface area contributed by atoms with Crippen LogP contribution in [0.1, 0.15) is 0 Å². The quantitative estimate of drug-likeness (QED) is 0.201. The van der Waals surface area contributed by atoms with Crippen LogP contribution < -0.4 is 0 Å². The van der Waals surface area contributed by atoms with Crippen molar-refractivity contribution in [3.05, 3.63) is 158 Å². The Morgan fingerprint density at radius 1 is 0.302 bits per heavy atom. The van der Waals surface area contributed by atoms with Gasteiger partial charge in [-0.25, -0.2) is 0 Å². The Labute approximate surface area is 249 Å². The largest absolute Gasteiger partial charge is 0.456 e. The van der Waals surface area contributed by atoms with E-state index in [2.05, 4.69) is 146 Å². The van der Waals surface area contributed by atoms with Gasteiger partial charge >= 0.3 is 0 Å². The average Bonchev–Trinajstić information content (AvgIpc) is 3.45. The fraction of sp³-hybridized carbons (Fsp3) is 0. The molecule has 43 heavy (non-hydrogen) atoms. The Balaban J connectivity index is 1.43. The lowest BCUT2D eigenvalue weighted by molar-refractivity contribution is 0.669. The molecule has 0 bridgehead atoms. The fourth-order valence-electron chi connectivity index (χ4n) is 6.93. The highest BCUT2D eigenvalue weighted by Gasteiger charge is 2.19. The van der Waals surface area contributed by atoms with E-state index in [1.807, 2.05) is 12.1 Å². The molecular formula is C42H26O. The molecule has 0 spiro atoms. The summed E-state index contributed by atoms with van der Waals surface area (Å²) in [5, 5.41) is 9.80. The number of para-hydroxylation sites is 1. The number of rotatable bonds is 3. The van der Waals surface area contributed by atoms with E-state index in [0.29, 0.717) is 0 Å². The predicted molar refractivity (Wildman–Crippen MR) is 183 cm³/mol. The minimum Gasteiger partial charge on any atom is -0.456 e. The summed E-state index contributed by atoms with van der Waals surface area (Å²) < 4.78 is 6.21. The molecule has 0 N–H and O–H groups in total. The van der Waals surface area contributed by atoms with Crippen molar-refractivity contribution in [1.82, 2.24) is 0 Å². The molecule has 0 unspecified atom stereocenters. The zero-order valence-electron chi connectivity index (χ0n) is 23.4. The van der Waals surface area contributed by atoms with Gasteiger partial charge in [-0.3, -0.25) is 0 Å². The summed E-state index contributed by atoms with van der Waals surface area (Å²) in [6.07, 6.45) is 0. The van der Waals surface area contributed by atoms with Gasteiger partial charge < -0.3 is 4.42 Å². The first-order chi connectivity index (χ1) is 21.3. The van der Waals surface area contributed by atoms with E-state index in [-0.39, 0.29) is 0 Å². The van der Waals surface area contributed by atoms with Crippen molar-refractivity contribution in [3.8, 4) is 33.4 Å². The van der Waals surface area contributed by atoms with Crippen molar-refractivity contribution < 1.29 is 4.42 Å². The van der Waals surface area contributed by atoms with Crippen molar-refractivity contribution in [2.75, 3.05) is 0 Å². The minimum atomic E-state index is 0.913. The van der Waals surface area contributed by atoms with Gasteiger partial charge in [0, 0.05) is 10.8 Å². The first-order valence-electron chi connectivity index (χ1n) is 14.8. The van der Waals surface area contributed by atoms with Crippen molar-refractivity contribution in [2.24, 2.45) is 0 Å². The topological polar surface area (TPSA) is 13.1 Å². The Kier molecular flexibility index (Phi) is 5.27. The summed E-state index contributed by atoms with van der Waals surface area (Å²) >= 11 is 0. The molecule has 0 atom stereocenters. The van der Waals surface area contributed by atoms with E-state index in [1.54, 1.807) is 0 Å². The second-order valence-corrected chi connectivity index (χ2v) is 11.3. The van der Waals surface area contributed by atoms with Crippen LogP contribution in [0.2, 0.25) is 0 Å². The van der Waals surface area contributed by atoms with Gasteiger partial charge in [-0.15, -0.1) is 0 Å². The van der Waals surface area contributed by atoms with Crippen LogP contribution in [-0.4, -0.2) is 0 Å². The number of benzene rings is 8. The number of fused-ring (bicyclic) bond motifs is 6. The second kappa shape index (κ2) is 9.44. The van der Waals surface area contributed by atoms with Gasteiger partial charge in [0.05, 0.1) is 0 Å². The third-order valence-corrected chi connectivity index (χ3v) is 8.85. The molecule has 0 saturated carbocycles. The molecule has 0 amide bonds. The van der Waals surface area contributed by atoms with Crippen molar-refractivity contribution in [1.29, 1.82) is 0 Å². The van der Waals surface area contributed by atoms with E-state index in [0.717, 1.165) is 21.9 Å². The number of furan rings is 1. The molecule has 1 heterocycles. The molecule has 8 aromatic carbocycles. The van der Waals surface area contributed by atoms with Crippen LogP contribution in [-0.2, 0) is 0 Å². The maximum atomic E-state index is 6.21. The van der Waals surface area contributed by atoms with E-state index in [1.165, 1.54) is 65.7 Å². The summed E-state index contributed by atoms with van der Waals surface area (Å²) in [6.45, 7) is 0. The first kappa shape index (κ1) is 24.0. The summed E-state index contributed by atoms with van der Waals surface area (Å²) in [4.78, 5) is 0. The van der Waals surface area contributed by atoms with Crippen molar-refractivity contribution in [3.63, 3.8) is 0 Å². The molecule has 0 saturated heterocycles. The first-order valence-corrected chi connectivity index (χ1v) is 14.8. The summed E-state index contributed by atoms with van der Waals surface area (Å²) in [5.74, 6) is 0. The smallest absolute Gasteiger partial charge is 0.135 e. The summed E-state index contributed by atoms with van der Waals surface area (Å²) in [6, 6.07) is 56.9. The van der Waals surface area contributed by atoms with Crippen LogP contribution in [0.4, 0.5) is 0 Å². The Hall–Kier alpha value is -5.66. The van der Waals surface area contributed by atoms with Crippen LogP contribution >= 0.6 is 0 Å². The summed E-state index contributed by atoms with van der Waals surface area (Å²) in [5.41, 5.74) is 9.23. The van der Waals surface area contributed by atoms with Crippen LogP contribution in [0.3, 0.4) is 0 Å². The zero-order chi connectivity index (χ0) is 28.3. The highest BCUT2D eigenvalue weighted by atomic mass is 16.3. The Bertz CT molecular complexity index is 2490. The SMILES string of the molecule is c1ccc(-c2c3ccccc3c(-c3ccc4oc5ccccc5c4c3)c3cc(-c4cccc5ccccc45)ccc23)cc1. The number of hydrogen-bond acceptors (Lipinski definition) is 1. The van der Waals surface area contributed by atoms with Crippen molar-refractivity contribution in [2.45, 2.75) is 0 Å². The molecule has 9 aromatic rings. The Morgan fingerprint density at radius 3 is 1.72 bits per heavy atom. The van der Waals surface area contributed by atoms with Crippen LogP contribution in [0.25, 0.3) is 87.6 Å². The van der Waals surface area contributed by atoms with E-state index in [4.69, 9.17) is 4.42 Å². The van der Waals surface area contributed by atoms with Gasteiger partial charge in [-0.05, 0) is 90.0 Å². The maximum Gasteiger partial charge on any atom is 0.135 e. The minimum absolute atomic E-state index is 0.913. The zero-order valence-corrected chi connectivity index (χ0v) is 23.4. The monoisotopic (exact) mass is 546 g/mol. The average molecular weight is 547 g/mol. The lowest BCUT2D eigenvalue weighted by Crippen LogP contribution is -1.92. The van der Waals surface area contributed by atoms with Gasteiger partial charge in [0.1, 0.15) is 11.2 Å². The highest BCUT2D eigenvalue weighted by Crippen LogP contribution is 2.46. The normalized spacial score (nSPS) is 11.7. The van der Waals surface area contributed by atoms with Crippen molar-refractivity contribution >= 4 is 54.3 Å². The highest BCUT2D eigenvalue weighted by molar-refractivity contribution is 6.23. The molecule has 1 aromatic heterocycles. The van der Waals surface area contributed by atoms with Gasteiger partial charge in [0.15, 0.2) is 0 Å². The molecule has 0 aliphatic rings. The molecule has 1 heteroatoms. The molecule has 0 fully saturated rings. The molecule has 0 aliphatic heterocycles. The molecule has 9 rings (SSSR count). The van der Waals surface area contributed by atoms with Gasteiger partial charge in [-0.1, -0.05) is 133 Å². The third-order valence-electron chi connectivity index (χ3n) is 8.85. The lowest BCUT2D eigenvalue weighted by Gasteiger charge is -2.19. The summed E-state index contributed by atoms with van der Waals surface area (Å²) in [7, 11) is 0. The molecule has 200 valence electrons. The molecule has 1 nitrogen and oxygen atoms in total. The molecular weight excluding hydrogens is 520 g/mol. The van der Waals surface area contributed by atoms with E-state index < -0.39 is 0 Å². The lowest BCUT2D eigenvalue weighted by atomic mass is 9.84. The molecule has 0 aliphatic carbocycles. The van der Waals surface area contributed by atoms with Gasteiger partial charge in [-0.2, -0.15) is 0 Å². The third kappa shape index (κ3) is 3.72.